The van der Waals surface area contributed by atoms with Gasteiger partial charge >= 0.3 is 0 Å². The molecule has 0 N–H and O–H groups in total. The minimum Gasteiger partial charge on any atom is -0.212 e. The van der Waals surface area contributed by atoms with Gasteiger partial charge in [0.1, 0.15) is 0 Å². The van der Waals surface area contributed by atoms with Gasteiger partial charge in [0, 0.05) is 19.0 Å². The topological polar surface area (TPSA) is 37.4 Å². The summed E-state index contributed by atoms with van der Waals surface area (Å²) in [4.78, 5) is 0. The minimum atomic E-state index is -3.21. The first kappa shape index (κ1) is 15.3. The van der Waals surface area contributed by atoms with E-state index in [1.165, 1.54) is 6.42 Å². The third kappa shape index (κ3) is 3.58. The fraction of sp³-hybridized carbons (Fsp3) is 1.00. The van der Waals surface area contributed by atoms with Crippen molar-refractivity contribution in [2.24, 2.45) is 5.92 Å². The lowest BCUT2D eigenvalue weighted by atomic mass is 9.85. The zero-order valence-electron chi connectivity index (χ0n) is 11.0. The monoisotopic (exact) mass is 281 g/mol. The van der Waals surface area contributed by atoms with E-state index in [2.05, 4.69) is 6.92 Å². The van der Waals surface area contributed by atoms with Crippen molar-refractivity contribution in [2.75, 3.05) is 12.9 Å². The molecule has 0 aliphatic heterocycles. The summed E-state index contributed by atoms with van der Waals surface area (Å²) < 4.78 is 25.9. The Morgan fingerprint density at radius 3 is 2.24 bits per heavy atom. The molecule has 102 valence electrons. The predicted molar refractivity (Wildman–Crippen MR) is 72.9 cm³/mol. The number of alkyl halides is 1. The van der Waals surface area contributed by atoms with E-state index in [9.17, 15) is 8.42 Å². The normalized spacial score (nSPS) is 28.3. The molecular formula is C12H24ClNO2S. The Bertz CT molecular complexity index is 323. The minimum absolute atomic E-state index is 0.164. The van der Waals surface area contributed by atoms with Gasteiger partial charge in [0.2, 0.25) is 10.0 Å². The van der Waals surface area contributed by atoms with Crippen LogP contribution in [0.2, 0.25) is 0 Å². The second-order valence-corrected chi connectivity index (χ2v) is 7.83. The van der Waals surface area contributed by atoms with Crippen LogP contribution >= 0.6 is 11.6 Å². The van der Waals surface area contributed by atoms with E-state index in [4.69, 9.17) is 11.6 Å². The Labute approximate surface area is 111 Å². The summed E-state index contributed by atoms with van der Waals surface area (Å²) in [5.41, 5.74) is 0. The van der Waals surface area contributed by atoms with E-state index < -0.39 is 15.3 Å². The molecule has 1 rings (SSSR count). The Morgan fingerprint density at radius 2 is 1.82 bits per heavy atom. The summed E-state index contributed by atoms with van der Waals surface area (Å²) >= 11 is 5.66. The van der Waals surface area contributed by atoms with Gasteiger partial charge in [-0.2, -0.15) is 0 Å². The summed E-state index contributed by atoms with van der Waals surface area (Å²) in [6, 6.07) is 0.175. The third-order valence-electron chi connectivity index (χ3n) is 4.04. The molecule has 0 amide bonds. The molecule has 1 atom stereocenters. The van der Waals surface area contributed by atoms with Crippen molar-refractivity contribution < 1.29 is 8.42 Å². The van der Waals surface area contributed by atoms with Crippen molar-refractivity contribution in [3.05, 3.63) is 0 Å². The van der Waals surface area contributed by atoms with Crippen LogP contribution in [0.3, 0.4) is 0 Å². The van der Waals surface area contributed by atoms with Crippen LogP contribution in [0.5, 0.6) is 0 Å². The standard InChI is InChI=1S/C12H24ClNO2S/c1-4-11-5-7-12(8-6-11)14(3)17(15,16)10(2)9-13/h10-12H,4-9H2,1-3H3. The molecule has 0 spiro atoms. The van der Waals surface area contributed by atoms with Gasteiger partial charge in [0.05, 0.1) is 5.25 Å². The Morgan fingerprint density at radius 1 is 1.29 bits per heavy atom. The summed E-state index contributed by atoms with van der Waals surface area (Å²) in [5.74, 6) is 0.949. The highest BCUT2D eigenvalue weighted by atomic mass is 35.5. The SMILES string of the molecule is CCC1CCC(N(C)S(=O)(=O)C(C)CCl)CC1. The Hall–Kier alpha value is 0.200. The van der Waals surface area contributed by atoms with Gasteiger partial charge in [-0.05, 0) is 38.5 Å². The van der Waals surface area contributed by atoms with Gasteiger partial charge in [-0.3, -0.25) is 0 Å². The van der Waals surface area contributed by atoms with Crippen LogP contribution in [0.1, 0.15) is 46.0 Å². The van der Waals surface area contributed by atoms with Crippen LogP contribution < -0.4 is 0 Å². The number of hydrogen-bond acceptors (Lipinski definition) is 2. The molecule has 17 heavy (non-hydrogen) atoms. The summed E-state index contributed by atoms with van der Waals surface area (Å²) in [6.07, 6.45) is 5.49. The Balaban J connectivity index is 2.63. The van der Waals surface area contributed by atoms with Gasteiger partial charge < -0.3 is 0 Å². The maximum Gasteiger partial charge on any atom is 0.217 e. The third-order valence-corrected chi connectivity index (χ3v) is 6.97. The quantitative estimate of drug-likeness (QED) is 0.727. The van der Waals surface area contributed by atoms with Gasteiger partial charge in [-0.25, -0.2) is 12.7 Å². The van der Waals surface area contributed by atoms with Crippen LogP contribution in [-0.2, 0) is 10.0 Å². The van der Waals surface area contributed by atoms with Crippen molar-refractivity contribution in [2.45, 2.75) is 57.2 Å². The molecule has 3 nitrogen and oxygen atoms in total. The molecule has 0 radical (unpaired) electrons. The largest absolute Gasteiger partial charge is 0.217 e. The van der Waals surface area contributed by atoms with E-state index >= 15 is 0 Å². The zero-order valence-corrected chi connectivity index (χ0v) is 12.6. The summed E-state index contributed by atoms with van der Waals surface area (Å²) in [5, 5.41) is -0.488. The summed E-state index contributed by atoms with van der Waals surface area (Å²) in [6.45, 7) is 3.89. The van der Waals surface area contributed by atoms with Crippen molar-refractivity contribution in [1.82, 2.24) is 4.31 Å². The average Bonchev–Trinajstić information content (AvgIpc) is 2.36. The van der Waals surface area contributed by atoms with Crippen LogP contribution in [0.25, 0.3) is 0 Å². The number of rotatable bonds is 5. The highest BCUT2D eigenvalue weighted by molar-refractivity contribution is 7.89. The van der Waals surface area contributed by atoms with Crippen molar-refractivity contribution in [3.63, 3.8) is 0 Å². The van der Waals surface area contributed by atoms with E-state index in [0.29, 0.717) is 0 Å². The van der Waals surface area contributed by atoms with Gasteiger partial charge in [-0.15, -0.1) is 11.6 Å². The van der Waals surface area contributed by atoms with Crippen LogP contribution in [0.15, 0.2) is 0 Å². The first-order valence-electron chi connectivity index (χ1n) is 6.46. The van der Waals surface area contributed by atoms with E-state index in [-0.39, 0.29) is 11.9 Å². The van der Waals surface area contributed by atoms with Gasteiger partial charge in [-0.1, -0.05) is 13.3 Å². The maximum absolute atomic E-state index is 12.2. The van der Waals surface area contributed by atoms with Crippen molar-refractivity contribution in [1.29, 1.82) is 0 Å². The van der Waals surface area contributed by atoms with Crippen LogP contribution in [0, 0.1) is 5.92 Å². The van der Waals surface area contributed by atoms with Crippen LogP contribution in [-0.4, -0.2) is 36.9 Å². The lowest BCUT2D eigenvalue weighted by molar-refractivity contribution is 0.232. The number of sulfonamides is 1. The first-order valence-corrected chi connectivity index (χ1v) is 8.50. The fourth-order valence-electron chi connectivity index (χ4n) is 2.49. The van der Waals surface area contributed by atoms with Gasteiger partial charge in [0.15, 0.2) is 0 Å². The molecular weight excluding hydrogens is 258 g/mol. The van der Waals surface area contributed by atoms with E-state index in [1.807, 2.05) is 0 Å². The second kappa shape index (κ2) is 6.39. The maximum atomic E-state index is 12.2. The molecule has 0 aromatic rings. The lowest BCUT2D eigenvalue weighted by Gasteiger charge is -2.34. The first-order chi connectivity index (χ1) is 7.93. The molecule has 1 unspecified atom stereocenters. The average molecular weight is 282 g/mol. The molecule has 0 bridgehead atoms. The second-order valence-electron chi connectivity index (χ2n) is 5.11. The molecule has 0 heterocycles. The van der Waals surface area contributed by atoms with Gasteiger partial charge in [0.25, 0.3) is 0 Å². The molecule has 0 saturated heterocycles. The molecule has 0 aromatic heterocycles. The van der Waals surface area contributed by atoms with E-state index in [0.717, 1.165) is 31.6 Å². The van der Waals surface area contributed by atoms with Crippen molar-refractivity contribution in [3.8, 4) is 0 Å². The summed E-state index contributed by atoms with van der Waals surface area (Å²) in [7, 11) is -1.51. The van der Waals surface area contributed by atoms with E-state index in [1.54, 1.807) is 18.3 Å². The molecule has 1 fully saturated rings. The molecule has 0 aromatic carbocycles. The number of hydrogen-bond donors (Lipinski definition) is 0. The zero-order chi connectivity index (χ0) is 13.1. The molecule has 1 aliphatic rings. The molecule has 5 heteroatoms. The number of nitrogens with zero attached hydrogens (tertiary/aromatic N) is 1. The van der Waals surface area contributed by atoms with Crippen LogP contribution in [0.4, 0.5) is 0 Å². The van der Waals surface area contributed by atoms with Crippen molar-refractivity contribution >= 4 is 21.6 Å². The highest BCUT2D eigenvalue weighted by Gasteiger charge is 2.32. The smallest absolute Gasteiger partial charge is 0.212 e. The molecule has 1 aliphatic carbocycles. The number of halogens is 1. The molecule has 1 saturated carbocycles. The predicted octanol–water partition coefficient (Wildman–Crippen LogP) is 2.84. The highest BCUT2D eigenvalue weighted by Crippen LogP contribution is 2.30. The fourth-order valence-corrected chi connectivity index (χ4v) is 4.32. The lowest BCUT2D eigenvalue weighted by Crippen LogP contribution is -2.43. The Kier molecular flexibility index (Phi) is 5.74.